The fourth-order valence-corrected chi connectivity index (χ4v) is 4.19. The second-order valence-electron chi connectivity index (χ2n) is 8.36. The average molecular weight is 460 g/mol. The second-order valence-corrected chi connectivity index (χ2v) is 8.36. The van der Waals surface area contributed by atoms with Crippen LogP contribution in [-0.2, 0) is 9.59 Å². The van der Waals surface area contributed by atoms with Crippen molar-refractivity contribution in [1.82, 2.24) is 0 Å². The van der Waals surface area contributed by atoms with Crippen LogP contribution >= 0.6 is 0 Å². The highest BCUT2D eigenvalue weighted by Gasteiger charge is 2.47. The van der Waals surface area contributed by atoms with Gasteiger partial charge in [-0.25, -0.2) is 4.39 Å². The molecule has 0 aromatic heterocycles. The summed E-state index contributed by atoms with van der Waals surface area (Å²) in [5, 5.41) is 11.3. The van der Waals surface area contributed by atoms with E-state index in [1.807, 2.05) is 26.8 Å². The Labute approximate surface area is 198 Å². The molecule has 3 aromatic carbocycles. The number of anilines is 1. The quantitative estimate of drug-likeness (QED) is 0.285. The van der Waals surface area contributed by atoms with Crippen molar-refractivity contribution in [1.29, 1.82) is 0 Å². The number of ether oxygens (including phenoxy) is 1. The molecule has 1 aliphatic heterocycles. The lowest BCUT2D eigenvalue weighted by Crippen LogP contribution is -2.29. The highest BCUT2D eigenvalue weighted by Crippen LogP contribution is 2.43. The lowest BCUT2D eigenvalue weighted by molar-refractivity contribution is -0.132. The van der Waals surface area contributed by atoms with Gasteiger partial charge in [-0.3, -0.25) is 14.5 Å². The van der Waals surface area contributed by atoms with E-state index in [4.69, 9.17) is 4.74 Å². The molecule has 1 saturated heterocycles. The number of hydrogen-bond acceptors (Lipinski definition) is 4. The molecule has 1 atom stereocenters. The summed E-state index contributed by atoms with van der Waals surface area (Å²) in [6.07, 6.45) is 0.853. The van der Waals surface area contributed by atoms with Crippen molar-refractivity contribution < 1.29 is 23.8 Å². The molecule has 0 saturated carbocycles. The number of amides is 1. The maximum absolute atomic E-state index is 15.0. The monoisotopic (exact) mass is 459 g/mol. The van der Waals surface area contributed by atoms with Crippen LogP contribution in [0.25, 0.3) is 5.76 Å². The topological polar surface area (TPSA) is 66.8 Å². The van der Waals surface area contributed by atoms with Crippen molar-refractivity contribution in [3.8, 4) is 5.75 Å². The van der Waals surface area contributed by atoms with Crippen molar-refractivity contribution in [2.75, 3.05) is 11.5 Å². The minimum Gasteiger partial charge on any atom is -0.507 e. The molecule has 34 heavy (non-hydrogen) atoms. The van der Waals surface area contributed by atoms with Crippen molar-refractivity contribution in [3.63, 3.8) is 0 Å². The Bertz CT molecular complexity index is 1300. The van der Waals surface area contributed by atoms with Crippen LogP contribution in [0.1, 0.15) is 41.6 Å². The average Bonchev–Trinajstić information content (AvgIpc) is 3.08. The van der Waals surface area contributed by atoms with E-state index in [-0.39, 0.29) is 16.9 Å². The Balaban J connectivity index is 1.90. The van der Waals surface area contributed by atoms with Crippen molar-refractivity contribution in [2.45, 2.75) is 33.2 Å². The number of hydrogen-bond donors (Lipinski definition) is 1. The Morgan fingerprint density at radius 1 is 1.03 bits per heavy atom. The number of nitrogens with zero attached hydrogens (tertiary/aromatic N) is 1. The number of Topliss-reactive ketones (excluding diaryl/α,β-unsaturated/α-hetero) is 1. The molecule has 4 rings (SSSR count). The summed E-state index contributed by atoms with van der Waals surface area (Å²) in [5.41, 5.74) is 2.43. The number of halogens is 1. The van der Waals surface area contributed by atoms with E-state index < -0.39 is 23.5 Å². The smallest absolute Gasteiger partial charge is 0.300 e. The van der Waals surface area contributed by atoms with Crippen LogP contribution in [0.5, 0.6) is 5.75 Å². The first-order valence-corrected chi connectivity index (χ1v) is 11.2. The normalized spacial score (nSPS) is 17.3. The molecule has 1 fully saturated rings. The molecule has 3 aromatic rings. The van der Waals surface area contributed by atoms with Crippen LogP contribution in [-0.4, -0.2) is 23.4 Å². The summed E-state index contributed by atoms with van der Waals surface area (Å²) in [6, 6.07) is 17.0. The van der Waals surface area contributed by atoms with Crippen LogP contribution in [0.3, 0.4) is 0 Å². The number of rotatable bonds is 6. The Morgan fingerprint density at radius 2 is 1.79 bits per heavy atom. The molecule has 0 radical (unpaired) electrons. The molecular formula is C28H26FNO4. The predicted molar refractivity (Wildman–Crippen MR) is 129 cm³/mol. The van der Waals surface area contributed by atoms with E-state index >= 15 is 0 Å². The lowest BCUT2D eigenvalue weighted by Gasteiger charge is -2.26. The Morgan fingerprint density at radius 3 is 2.47 bits per heavy atom. The Hall–Kier alpha value is -3.93. The third-order valence-corrected chi connectivity index (χ3v) is 5.83. The second kappa shape index (κ2) is 9.51. The number of ketones is 1. The van der Waals surface area contributed by atoms with Crippen LogP contribution < -0.4 is 9.64 Å². The first-order chi connectivity index (χ1) is 16.3. The van der Waals surface area contributed by atoms with Gasteiger partial charge in [-0.2, -0.15) is 0 Å². The zero-order chi connectivity index (χ0) is 24.4. The van der Waals surface area contributed by atoms with Crippen LogP contribution in [0, 0.1) is 19.7 Å². The van der Waals surface area contributed by atoms with E-state index in [0.29, 0.717) is 23.6 Å². The van der Waals surface area contributed by atoms with Gasteiger partial charge in [0, 0.05) is 16.8 Å². The fourth-order valence-electron chi connectivity index (χ4n) is 4.19. The van der Waals surface area contributed by atoms with Gasteiger partial charge in [-0.1, -0.05) is 37.3 Å². The summed E-state index contributed by atoms with van der Waals surface area (Å²) in [4.78, 5) is 27.7. The third-order valence-electron chi connectivity index (χ3n) is 5.83. The van der Waals surface area contributed by atoms with Crippen molar-refractivity contribution in [3.05, 3.63) is 100 Å². The van der Waals surface area contributed by atoms with Gasteiger partial charge in [-0.05, 0) is 67.8 Å². The number of aliphatic hydroxyl groups excluding tert-OH is 1. The fraction of sp³-hybridized carbons (Fsp3) is 0.214. The van der Waals surface area contributed by atoms with Crippen LogP contribution in [0.2, 0.25) is 0 Å². The summed E-state index contributed by atoms with van der Waals surface area (Å²) < 4.78 is 20.7. The van der Waals surface area contributed by atoms with Gasteiger partial charge in [-0.15, -0.1) is 0 Å². The molecule has 1 amide bonds. The molecule has 6 heteroatoms. The summed E-state index contributed by atoms with van der Waals surface area (Å²) in [6.45, 7) is 6.26. The number of aryl methyl sites for hydroxylation is 2. The van der Waals surface area contributed by atoms with Gasteiger partial charge in [0.1, 0.15) is 17.3 Å². The minimum absolute atomic E-state index is 0.129. The van der Waals surface area contributed by atoms with E-state index in [1.165, 1.54) is 23.1 Å². The van der Waals surface area contributed by atoms with E-state index in [1.54, 1.807) is 42.5 Å². The minimum atomic E-state index is -1.11. The van der Waals surface area contributed by atoms with Gasteiger partial charge in [0.15, 0.2) is 0 Å². The van der Waals surface area contributed by atoms with Crippen molar-refractivity contribution in [2.24, 2.45) is 0 Å². The van der Waals surface area contributed by atoms with Crippen LogP contribution in [0.15, 0.2) is 72.3 Å². The molecule has 174 valence electrons. The Kier molecular flexibility index (Phi) is 6.50. The SMILES string of the molecule is CCCOc1ccc(/C(O)=C2\C(=O)C(=O)N(c3cccc(C)c3)C2c2ccccc2F)cc1C. The van der Waals surface area contributed by atoms with Gasteiger partial charge in [0.05, 0.1) is 18.2 Å². The van der Waals surface area contributed by atoms with Gasteiger partial charge < -0.3 is 9.84 Å². The highest BCUT2D eigenvalue weighted by molar-refractivity contribution is 6.51. The van der Waals surface area contributed by atoms with E-state index in [9.17, 15) is 19.1 Å². The number of carbonyl (C=O) groups excluding carboxylic acids is 2. The lowest BCUT2D eigenvalue weighted by atomic mass is 9.94. The number of aliphatic hydroxyl groups is 1. The summed E-state index contributed by atoms with van der Waals surface area (Å²) in [5.74, 6) is -1.94. The van der Waals surface area contributed by atoms with E-state index in [0.717, 1.165) is 17.5 Å². The number of benzene rings is 3. The van der Waals surface area contributed by atoms with Gasteiger partial charge in [0.25, 0.3) is 11.7 Å². The zero-order valence-electron chi connectivity index (χ0n) is 19.3. The molecule has 1 N–H and O–H groups in total. The number of carbonyl (C=O) groups is 2. The highest BCUT2D eigenvalue weighted by atomic mass is 19.1. The maximum atomic E-state index is 15.0. The molecule has 1 aliphatic rings. The molecular weight excluding hydrogens is 433 g/mol. The molecule has 5 nitrogen and oxygen atoms in total. The summed E-state index contributed by atoms with van der Waals surface area (Å²) in [7, 11) is 0. The zero-order valence-corrected chi connectivity index (χ0v) is 19.3. The van der Waals surface area contributed by atoms with Crippen LogP contribution in [0.4, 0.5) is 10.1 Å². The first-order valence-electron chi connectivity index (χ1n) is 11.2. The molecule has 0 spiro atoms. The first kappa shape index (κ1) is 23.2. The van der Waals surface area contributed by atoms with Crippen molar-refractivity contribution >= 4 is 23.1 Å². The third kappa shape index (κ3) is 4.19. The molecule has 1 unspecified atom stereocenters. The predicted octanol–water partition coefficient (Wildman–Crippen LogP) is 5.86. The summed E-state index contributed by atoms with van der Waals surface area (Å²) >= 11 is 0. The largest absolute Gasteiger partial charge is 0.507 e. The molecule has 1 heterocycles. The maximum Gasteiger partial charge on any atom is 0.300 e. The van der Waals surface area contributed by atoms with Gasteiger partial charge >= 0.3 is 0 Å². The standard InChI is InChI=1S/C28H26FNO4/c1-4-14-34-23-13-12-19(16-18(23)3)26(31)24-25(21-10-5-6-11-22(21)29)30(28(33)27(24)32)20-9-7-8-17(2)15-20/h5-13,15-16,25,31H,4,14H2,1-3H3/b26-24+. The van der Waals surface area contributed by atoms with E-state index in [2.05, 4.69) is 0 Å². The molecule has 0 bridgehead atoms. The molecule has 0 aliphatic carbocycles. The van der Waals surface area contributed by atoms with Gasteiger partial charge in [0.2, 0.25) is 0 Å².